The topological polar surface area (TPSA) is 52.3 Å². The van der Waals surface area contributed by atoms with Crippen molar-refractivity contribution >= 4 is 10.8 Å². The van der Waals surface area contributed by atoms with E-state index in [1.54, 1.807) is 7.11 Å². The predicted molar refractivity (Wildman–Crippen MR) is 48.0 cm³/mol. The lowest BCUT2D eigenvalue weighted by Crippen LogP contribution is -2.24. The molecule has 68 valence electrons. The van der Waals surface area contributed by atoms with Crippen LogP contribution in [0.4, 0.5) is 0 Å². The van der Waals surface area contributed by atoms with Crippen molar-refractivity contribution < 1.29 is 8.95 Å². The minimum Gasteiger partial charge on any atom is -0.385 e. The van der Waals surface area contributed by atoms with Gasteiger partial charge in [-0.05, 0) is 13.3 Å². The van der Waals surface area contributed by atoms with Crippen LogP contribution < -0.4 is 5.73 Å². The second-order valence-electron chi connectivity index (χ2n) is 2.63. The summed E-state index contributed by atoms with van der Waals surface area (Å²) < 4.78 is 15.9. The summed E-state index contributed by atoms with van der Waals surface area (Å²) >= 11 is 0. The molecule has 2 atom stereocenters. The van der Waals surface area contributed by atoms with E-state index in [4.69, 9.17) is 10.5 Å². The highest BCUT2D eigenvalue weighted by atomic mass is 32.2. The zero-order chi connectivity index (χ0) is 8.69. The SMILES string of the molecule is COCCCS(=O)CC(C)N. The Hall–Kier alpha value is 0.0700. The fraction of sp³-hybridized carbons (Fsp3) is 1.00. The third-order valence-electron chi connectivity index (χ3n) is 1.17. The smallest absolute Gasteiger partial charge is 0.0471 e. The van der Waals surface area contributed by atoms with Gasteiger partial charge < -0.3 is 10.5 Å². The molecule has 0 aliphatic heterocycles. The molecule has 0 spiro atoms. The van der Waals surface area contributed by atoms with Crippen LogP contribution in [0.1, 0.15) is 13.3 Å². The zero-order valence-electron chi connectivity index (χ0n) is 7.21. The molecular weight excluding hydrogens is 162 g/mol. The van der Waals surface area contributed by atoms with E-state index in [9.17, 15) is 4.21 Å². The zero-order valence-corrected chi connectivity index (χ0v) is 8.02. The Labute approximate surface area is 70.8 Å². The van der Waals surface area contributed by atoms with Crippen molar-refractivity contribution in [3.8, 4) is 0 Å². The minimum absolute atomic E-state index is 0.0402. The van der Waals surface area contributed by atoms with Gasteiger partial charge in [-0.2, -0.15) is 0 Å². The highest BCUT2D eigenvalue weighted by Crippen LogP contribution is 1.90. The molecule has 0 amide bonds. The molecule has 0 aromatic rings. The number of rotatable bonds is 6. The first-order valence-electron chi connectivity index (χ1n) is 3.76. The maximum Gasteiger partial charge on any atom is 0.0471 e. The van der Waals surface area contributed by atoms with Gasteiger partial charge in [0, 0.05) is 42.1 Å². The average Bonchev–Trinajstić information content (AvgIpc) is 1.86. The lowest BCUT2D eigenvalue weighted by Gasteiger charge is -2.04. The van der Waals surface area contributed by atoms with Crippen LogP contribution in [0.2, 0.25) is 0 Å². The fourth-order valence-electron chi connectivity index (χ4n) is 0.741. The largest absolute Gasteiger partial charge is 0.385 e. The summed E-state index contributed by atoms with van der Waals surface area (Å²) in [5.74, 6) is 1.30. The summed E-state index contributed by atoms with van der Waals surface area (Å²) in [5, 5.41) is 0. The van der Waals surface area contributed by atoms with Crippen LogP contribution in [-0.4, -0.2) is 35.5 Å². The van der Waals surface area contributed by atoms with E-state index in [0.29, 0.717) is 18.1 Å². The maximum absolute atomic E-state index is 11.1. The van der Waals surface area contributed by atoms with Crippen molar-refractivity contribution in [1.82, 2.24) is 0 Å². The second-order valence-corrected chi connectivity index (χ2v) is 4.26. The lowest BCUT2D eigenvalue weighted by molar-refractivity contribution is 0.200. The van der Waals surface area contributed by atoms with Crippen molar-refractivity contribution in [3.05, 3.63) is 0 Å². The summed E-state index contributed by atoms with van der Waals surface area (Å²) in [4.78, 5) is 0. The maximum atomic E-state index is 11.1. The molecule has 3 nitrogen and oxygen atoms in total. The van der Waals surface area contributed by atoms with E-state index in [1.165, 1.54) is 0 Å². The fourth-order valence-corrected chi connectivity index (χ4v) is 1.93. The van der Waals surface area contributed by atoms with Gasteiger partial charge in [-0.25, -0.2) is 0 Å². The third-order valence-corrected chi connectivity index (χ3v) is 2.81. The van der Waals surface area contributed by atoms with Crippen LogP contribution in [0.3, 0.4) is 0 Å². The molecule has 2 N–H and O–H groups in total. The molecule has 0 bridgehead atoms. The van der Waals surface area contributed by atoms with E-state index in [2.05, 4.69) is 0 Å². The van der Waals surface area contributed by atoms with Crippen LogP contribution >= 0.6 is 0 Å². The van der Waals surface area contributed by atoms with Gasteiger partial charge in [-0.1, -0.05) is 0 Å². The van der Waals surface area contributed by atoms with Gasteiger partial charge in [0.15, 0.2) is 0 Å². The molecular formula is C7H17NO2S. The normalized spacial score (nSPS) is 16.3. The molecule has 2 unspecified atom stereocenters. The third kappa shape index (κ3) is 7.97. The highest BCUT2D eigenvalue weighted by Gasteiger charge is 2.02. The minimum atomic E-state index is -0.757. The van der Waals surface area contributed by atoms with Gasteiger partial charge in [0.05, 0.1) is 0 Å². The summed E-state index contributed by atoms with van der Waals surface area (Å²) in [6.45, 7) is 2.55. The quantitative estimate of drug-likeness (QED) is 0.589. The molecule has 0 radical (unpaired) electrons. The molecule has 0 heterocycles. The van der Waals surface area contributed by atoms with E-state index in [1.807, 2.05) is 6.92 Å². The van der Waals surface area contributed by atoms with Crippen LogP contribution in [-0.2, 0) is 15.5 Å². The molecule has 0 aliphatic rings. The first-order chi connectivity index (χ1) is 5.16. The average molecular weight is 179 g/mol. The number of nitrogens with two attached hydrogens (primary N) is 1. The molecule has 0 saturated heterocycles. The van der Waals surface area contributed by atoms with Gasteiger partial charge in [0.25, 0.3) is 0 Å². The second kappa shape index (κ2) is 6.76. The molecule has 4 heteroatoms. The first kappa shape index (κ1) is 11.1. The Bertz CT molecular complexity index is 117. The van der Waals surface area contributed by atoms with Crippen molar-refractivity contribution in [3.63, 3.8) is 0 Å². The molecule has 0 saturated carbocycles. The summed E-state index contributed by atoms with van der Waals surface area (Å²) in [6.07, 6.45) is 0.857. The number of hydrogen-bond donors (Lipinski definition) is 1. The van der Waals surface area contributed by atoms with Gasteiger partial charge in [0.2, 0.25) is 0 Å². The van der Waals surface area contributed by atoms with Crippen LogP contribution in [0.15, 0.2) is 0 Å². The number of hydrogen-bond acceptors (Lipinski definition) is 3. The summed E-state index contributed by atoms with van der Waals surface area (Å²) in [6, 6.07) is 0.0402. The van der Waals surface area contributed by atoms with E-state index >= 15 is 0 Å². The van der Waals surface area contributed by atoms with Crippen molar-refractivity contribution in [2.24, 2.45) is 5.73 Å². The molecule has 0 fully saturated rings. The summed E-state index contributed by atoms with van der Waals surface area (Å²) in [7, 11) is 0.891. The monoisotopic (exact) mass is 179 g/mol. The molecule has 0 rings (SSSR count). The Kier molecular flexibility index (Phi) is 6.80. The van der Waals surface area contributed by atoms with Gasteiger partial charge in [0.1, 0.15) is 0 Å². The Morgan fingerprint density at radius 1 is 1.64 bits per heavy atom. The van der Waals surface area contributed by atoms with Crippen LogP contribution in [0.5, 0.6) is 0 Å². The van der Waals surface area contributed by atoms with Gasteiger partial charge in [-0.3, -0.25) is 4.21 Å². The highest BCUT2D eigenvalue weighted by molar-refractivity contribution is 7.85. The van der Waals surface area contributed by atoms with E-state index < -0.39 is 10.8 Å². The standard InChI is InChI=1S/C7H17NO2S/c1-7(8)6-11(9)5-3-4-10-2/h7H,3-6,8H2,1-2H3. The molecule has 0 aromatic heterocycles. The summed E-state index contributed by atoms with van der Waals surface area (Å²) in [5.41, 5.74) is 5.47. The predicted octanol–water partition coefficient (Wildman–Crippen LogP) is 0.119. The Morgan fingerprint density at radius 3 is 2.73 bits per heavy atom. The lowest BCUT2D eigenvalue weighted by atomic mass is 10.4. The number of methoxy groups -OCH3 is 1. The molecule has 0 aromatic carbocycles. The van der Waals surface area contributed by atoms with Crippen molar-refractivity contribution in [2.75, 3.05) is 25.2 Å². The molecule has 11 heavy (non-hydrogen) atoms. The van der Waals surface area contributed by atoms with Crippen molar-refractivity contribution in [1.29, 1.82) is 0 Å². The van der Waals surface area contributed by atoms with Gasteiger partial charge in [-0.15, -0.1) is 0 Å². The van der Waals surface area contributed by atoms with Crippen molar-refractivity contribution in [2.45, 2.75) is 19.4 Å². The van der Waals surface area contributed by atoms with Crippen LogP contribution in [0.25, 0.3) is 0 Å². The molecule has 0 aliphatic carbocycles. The van der Waals surface area contributed by atoms with Gasteiger partial charge >= 0.3 is 0 Å². The Balaban J connectivity index is 3.23. The number of ether oxygens (including phenoxy) is 1. The first-order valence-corrected chi connectivity index (χ1v) is 5.25. The van der Waals surface area contributed by atoms with E-state index in [0.717, 1.165) is 6.42 Å². The Morgan fingerprint density at radius 2 is 2.27 bits per heavy atom. The van der Waals surface area contributed by atoms with E-state index in [-0.39, 0.29) is 6.04 Å². The van der Waals surface area contributed by atoms with Crippen LogP contribution in [0, 0.1) is 0 Å².